The van der Waals surface area contributed by atoms with Crippen LogP contribution in [0.2, 0.25) is 0 Å². The first-order valence-corrected chi connectivity index (χ1v) is 31.1. The van der Waals surface area contributed by atoms with Crippen LogP contribution >= 0.6 is 7.82 Å². The van der Waals surface area contributed by atoms with Crippen molar-refractivity contribution in [2.24, 2.45) is 0 Å². The average Bonchev–Trinajstić information content (AvgIpc) is 3.37. The summed E-state index contributed by atoms with van der Waals surface area (Å²) in [4.78, 5) is 37.6. The molecule has 0 fully saturated rings. The Kier molecular flexibility index (Phi) is 50.8. The fourth-order valence-corrected chi connectivity index (χ4v) is 8.39. The summed E-state index contributed by atoms with van der Waals surface area (Å²) in [5, 5.41) is 3.02. The van der Waals surface area contributed by atoms with Crippen molar-refractivity contribution < 1.29 is 37.3 Å². The summed E-state index contributed by atoms with van der Waals surface area (Å²) in [5.41, 5.74) is 0. The lowest BCUT2D eigenvalue weighted by Gasteiger charge is -2.27. The molecule has 0 spiro atoms. The van der Waals surface area contributed by atoms with E-state index in [2.05, 4.69) is 86.8 Å². The van der Waals surface area contributed by atoms with E-state index in [1.165, 1.54) is 83.5 Å². The van der Waals surface area contributed by atoms with Crippen LogP contribution in [0.3, 0.4) is 0 Å². The van der Waals surface area contributed by atoms with Crippen molar-refractivity contribution >= 4 is 19.7 Å². The van der Waals surface area contributed by atoms with Gasteiger partial charge in [0.1, 0.15) is 19.3 Å². The first-order valence-electron chi connectivity index (χ1n) is 29.6. The lowest BCUT2D eigenvalue weighted by molar-refractivity contribution is -0.870. The molecule has 0 aromatic carbocycles. The van der Waals surface area contributed by atoms with Gasteiger partial charge in [0.2, 0.25) is 5.91 Å². The van der Waals surface area contributed by atoms with E-state index in [0.29, 0.717) is 23.9 Å². The quantitative estimate of drug-likeness (QED) is 0.0156. The van der Waals surface area contributed by atoms with Gasteiger partial charge in [0.25, 0.3) is 0 Å². The molecule has 0 radical (unpaired) electrons. The fourth-order valence-electron chi connectivity index (χ4n) is 7.66. The highest BCUT2D eigenvalue weighted by atomic mass is 31.2. The van der Waals surface area contributed by atoms with Crippen LogP contribution in [0.4, 0.5) is 0 Å². The largest absolute Gasteiger partial charge is 0.472 e. The van der Waals surface area contributed by atoms with Crippen LogP contribution < -0.4 is 5.32 Å². The Hall–Kier alpha value is -3.85. The van der Waals surface area contributed by atoms with Gasteiger partial charge in [-0.1, -0.05) is 238 Å². The van der Waals surface area contributed by atoms with Crippen molar-refractivity contribution in [3.8, 4) is 0 Å². The van der Waals surface area contributed by atoms with Crippen LogP contribution in [-0.4, -0.2) is 74.3 Å². The maximum absolute atomic E-state index is 13.5. The van der Waals surface area contributed by atoms with Crippen LogP contribution in [0.5, 0.6) is 0 Å². The van der Waals surface area contributed by atoms with Gasteiger partial charge >= 0.3 is 13.8 Å². The topological polar surface area (TPSA) is 111 Å². The molecule has 75 heavy (non-hydrogen) atoms. The van der Waals surface area contributed by atoms with E-state index in [4.69, 9.17) is 13.8 Å². The van der Waals surface area contributed by atoms with Gasteiger partial charge < -0.3 is 19.4 Å². The molecule has 9 nitrogen and oxygen atoms in total. The number of quaternary nitrogens is 1. The predicted octanol–water partition coefficient (Wildman–Crippen LogP) is 18.1. The van der Waals surface area contributed by atoms with Crippen LogP contribution in [0, 0.1) is 0 Å². The molecule has 0 aliphatic heterocycles. The van der Waals surface area contributed by atoms with Gasteiger partial charge in [-0.25, -0.2) is 4.57 Å². The first-order chi connectivity index (χ1) is 36.4. The number of unbranched alkanes of at least 4 members (excludes halogenated alkanes) is 20. The van der Waals surface area contributed by atoms with Crippen molar-refractivity contribution in [3.05, 3.63) is 134 Å². The third kappa shape index (κ3) is 54.7. The Morgan fingerprint density at radius 2 is 0.907 bits per heavy atom. The number of ether oxygens (including phenoxy) is 1. The molecule has 3 atom stereocenters. The van der Waals surface area contributed by atoms with E-state index in [1.54, 1.807) is 0 Å². The SMILES string of the molecule is CC\C=C/C=C/C=C/C=C\C=C\C=C\CCCCCC(=O)OC(/C=C/CCCCCCCCCCCCC)C(COP(=O)(O)OCC[N+](C)(C)C)NC(=O)CCCCC/C=C\C/C=C\C/C=C\C/C=C\CCCCC. The fraction of sp³-hybridized carbons (Fsp3) is 0.631. The van der Waals surface area contributed by atoms with E-state index >= 15 is 0 Å². The summed E-state index contributed by atoms with van der Waals surface area (Å²) in [6.07, 6.45) is 75.9. The second kappa shape index (κ2) is 53.5. The molecule has 0 saturated carbocycles. The molecule has 0 bridgehead atoms. The Morgan fingerprint density at radius 3 is 1.43 bits per heavy atom. The number of hydrogen-bond acceptors (Lipinski definition) is 6. The van der Waals surface area contributed by atoms with E-state index in [0.717, 1.165) is 83.5 Å². The normalized spacial score (nSPS) is 14.7. The zero-order valence-corrected chi connectivity index (χ0v) is 49.4. The molecule has 0 aromatic heterocycles. The highest BCUT2D eigenvalue weighted by Crippen LogP contribution is 2.43. The molecule has 0 rings (SSSR count). The molecule has 0 heterocycles. The Morgan fingerprint density at radius 1 is 0.493 bits per heavy atom. The van der Waals surface area contributed by atoms with Gasteiger partial charge in [-0.15, -0.1) is 0 Å². The minimum Gasteiger partial charge on any atom is -0.456 e. The van der Waals surface area contributed by atoms with Crippen LogP contribution in [-0.2, 0) is 27.9 Å². The van der Waals surface area contributed by atoms with Crippen molar-refractivity contribution in [2.75, 3.05) is 40.9 Å². The molecule has 3 unspecified atom stereocenters. The summed E-state index contributed by atoms with van der Waals surface area (Å²) in [5.74, 6) is -0.604. The average molecular weight is 1060 g/mol. The predicted molar refractivity (Wildman–Crippen MR) is 323 cm³/mol. The number of rotatable bonds is 51. The van der Waals surface area contributed by atoms with Crippen molar-refractivity contribution in [3.63, 3.8) is 0 Å². The molecule has 0 aliphatic rings. The Labute approximate surface area is 460 Å². The van der Waals surface area contributed by atoms with Gasteiger partial charge in [0.05, 0.1) is 33.8 Å². The molecular weight excluding hydrogens is 952 g/mol. The minimum atomic E-state index is -4.48. The molecule has 10 heteroatoms. The standard InChI is InChI=1S/C65H109N2O7P/c1-7-10-13-16-19-22-25-28-30-32-33-35-36-39-42-45-48-51-54-57-64(68)66-62(61-73-75(70,71)72-60-59-67(4,5)6)63(56-53-50-47-44-41-38-27-24-21-18-15-12-9-3)74-65(69)58-55-52-49-46-43-40-37-34-31-29-26-23-20-17-14-11-8-2/h11,14,17,19-20,22-23,26,28-31,33-35,37,39-40,42-43,53,56,62-63H,7-10,12-13,15-16,18,21,24-25,27,32,36,38,41,44-52,54-55,57-61H2,1-6H3,(H-,66,68,70,71)/p+1/b14-11-,20-17+,22-19-,26-23+,30-28-,31-29-,35-33-,37-34+,42-39-,43-40+,56-53+. The van der Waals surface area contributed by atoms with Crippen LogP contribution in [0.1, 0.15) is 213 Å². The van der Waals surface area contributed by atoms with Gasteiger partial charge in [0.15, 0.2) is 0 Å². The molecule has 426 valence electrons. The molecular formula is C65H110N2O7P+. The summed E-state index contributed by atoms with van der Waals surface area (Å²) >= 11 is 0. The van der Waals surface area contributed by atoms with Crippen molar-refractivity contribution in [2.45, 2.75) is 226 Å². The van der Waals surface area contributed by atoms with Gasteiger partial charge in [-0.3, -0.25) is 18.6 Å². The van der Waals surface area contributed by atoms with Gasteiger partial charge in [0, 0.05) is 12.8 Å². The number of phosphoric acid groups is 1. The number of nitrogens with one attached hydrogen (secondary N) is 1. The monoisotopic (exact) mass is 1060 g/mol. The number of amides is 1. The molecule has 2 N–H and O–H groups in total. The highest BCUT2D eigenvalue weighted by Gasteiger charge is 2.30. The van der Waals surface area contributed by atoms with Crippen LogP contribution in [0.25, 0.3) is 0 Å². The number of phosphoric ester groups is 1. The summed E-state index contributed by atoms with van der Waals surface area (Å²) in [7, 11) is 1.42. The first kappa shape index (κ1) is 71.2. The van der Waals surface area contributed by atoms with E-state index in [-0.39, 0.29) is 37.9 Å². The molecule has 1 amide bonds. The number of carbonyl (C=O) groups excluding carboxylic acids is 2. The smallest absolute Gasteiger partial charge is 0.456 e. The van der Waals surface area contributed by atoms with Crippen molar-refractivity contribution in [1.82, 2.24) is 5.32 Å². The number of esters is 1. The number of allylic oxidation sites excluding steroid dienone is 21. The summed E-state index contributed by atoms with van der Waals surface area (Å²) in [6.45, 7) is 6.76. The minimum absolute atomic E-state index is 0.0181. The molecule has 0 aromatic rings. The summed E-state index contributed by atoms with van der Waals surface area (Å²) < 4.78 is 30.6. The van der Waals surface area contributed by atoms with Gasteiger partial charge in [-0.2, -0.15) is 0 Å². The maximum atomic E-state index is 13.5. The molecule has 0 saturated heterocycles. The number of hydrogen-bond donors (Lipinski definition) is 2. The van der Waals surface area contributed by atoms with Crippen molar-refractivity contribution in [1.29, 1.82) is 0 Å². The number of carbonyl (C=O) groups is 2. The van der Waals surface area contributed by atoms with Gasteiger partial charge in [-0.05, 0) is 96.0 Å². The molecule has 0 aliphatic carbocycles. The second-order valence-electron chi connectivity index (χ2n) is 20.6. The zero-order chi connectivity index (χ0) is 55.0. The Bertz CT molecular complexity index is 1740. The lowest BCUT2D eigenvalue weighted by Crippen LogP contribution is -2.47. The highest BCUT2D eigenvalue weighted by molar-refractivity contribution is 7.47. The second-order valence-corrected chi connectivity index (χ2v) is 22.0. The van der Waals surface area contributed by atoms with E-state index in [9.17, 15) is 19.0 Å². The third-order valence-corrected chi connectivity index (χ3v) is 13.2. The number of nitrogens with zero attached hydrogens (tertiary/aromatic N) is 1. The van der Waals surface area contributed by atoms with E-state index < -0.39 is 20.0 Å². The third-order valence-electron chi connectivity index (χ3n) is 12.2. The summed E-state index contributed by atoms with van der Waals surface area (Å²) in [6, 6.07) is -0.894. The lowest BCUT2D eigenvalue weighted by atomic mass is 10.0. The Balaban J connectivity index is 5.51. The zero-order valence-electron chi connectivity index (χ0n) is 48.5. The number of likely N-dealkylation sites (N-methyl/N-ethyl adjacent to an activating group) is 1. The maximum Gasteiger partial charge on any atom is 0.472 e. The van der Waals surface area contributed by atoms with E-state index in [1.807, 2.05) is 94.1 Å². The van der Waals surface area contributed by atoms with Crippen LogP contribution in [0.15, 0.2) is 134 Å².